The summed E-state index contributed by atoms with van der Waals surface area (Å²) in [6.07, 6.45) is 6.28. The maximum absolute atomic E-state index is 9.00. The third kappa shape index (κ3) is 71.2. The first-order chi connectivity index (χ1) is 8.27. The Morgan fingerprint density at radius 1 is 1.05 bits per heavy atom. The topological polar surface area (TPSA) is 98.4 Å². The maximum Gasteiger partial charge on any atom is -0.0534 e. The van der Waals surface area contributed by atoms with E-state index in [1.807, 2.05) is 0 Å². The van der Waals surface area contributed by atoms with Gasteiger partial charge in [-0.1, -0.05) is 32.1 Å². The molecule has 1 aliphatic carbocycles. The molecule has 0 aromatic heterocycles. The second kappa shape index (κ2) is 23.3. The largest absolute Gasteiger partial charge is 0.675 e. The summed E-state index contributed by atoms with van der Waals surface area (Å²) in [5.41, 5.74) is 7.27. The number of halogens is 2. The predicted molar refractivity (Wildman–Crippen MR) is 75.9 cm³/mol. The number of rotatable bonds is 0. The van der Waals surface area contributed by atoms with Crippen LogP contribution in [0, 0.1) is 7.43 Å². The van der Waals surface area contributed by atoms with Crippen LogP contribution in [0.5, 0.6) is 0 Å². The molecular formula is C11H23Cl2NO4Pt. The number of hydrogen-bond donors (Lipinski definition) is 2. The normalized spacial score (nSPS) is 13.1. The Hall–Kier alpha value is 0.168. The molecular weight excluding hydrogens is 476 g/mol. The summed E-state index contributed by atoms with van der Waals surface area (Å²) >= 11 is -0.472. The van der Waals surface area contributed by atoms with Gasteiger partial charge in [0.15, 0.2) is 0 Å². The first-order valence-corrected chi connectivity index (χ1v) is 10.8. The summed E-state index contributed by atoms with van der Waals surface area (Å²) in [4.78, 5) is 18.0. The number of aliphatic carboxylic acids is 2. The van der Waals surface area contributed by atoms with Crippen molar-refractivity contribution in [3.63, 3.8) is 0 Å². The van der Waals surface area contributed by atoms with Gasteiger partial charge in [-0.3, -0.25) is 9.59 Å². The van der Waals surface area contributed by atoms with Crippen molar-refractivity contribution in [2.45, 2.75) is 52.0 Å². The fraction of sp³-hybridized carbons (Fsp3) is 0.727. The molecule has 0 heterocycles. The predicted octanol–water partition coefficient (Wildman–Crippen LogP) is 4.38. The zero-order valence-corrected chi connectivity index (χ0v) is 15.2. The van der Waals surface area contributed by atoms with E-state index in [0.717, 1.165) is 26.7 Å². The Balaban J connectivity index is -0.0000000831. The molecule has 0 atom stereocenters. The van der Waals surface area contributed by atoms with Crippen LogP contribution in [0.1, 0.15) is 46.0 Å². The van der Waals surface area contributed by atoms with E-state index in [0.29, 0.717) is 0 Å². The molecule has 5 nitrogen and oxygen atoms in total. The van der Waals surface area contributed by atoms with E-state index < -0.39 is 28.4 Å². The molecule has 0 saturated heterocycles. The van der Waals surface area contributed by atoms with Gasteiger partial charge in [-0.25, -0.2) is 0 Å². The molecule has 19 heavy (non-hydrogen) atoms. The number of hydrogen-bond acceptors (Lipinski definition) is 2. The van der Waals surface area contributed by atoms with E-state index in [2.05, 4.69) is 0 Å². The molecule has 8 heteroatoms. The van der Waals surface area contributed by atoms with Gasteiger partial charge in [0, 0.05) is 13.8 Å². The molecule has 3 N–H and O–H groups in total. The van der Waals surface area contributed by atoms with Gasteiger partial charge in [0.25, 0.3) is 11.9 Å². The molecule has 120 valence electrons. The van der Waals surface area contributed by atoms with Crippen LogP contribution in [0.3, 0.4) is 0 Å². The molecule has 0 amide bonds. The van der Waals surface area contributed by atoms with Gasteiger partial charge in [0.05, 0.1) is 0 Å². The summed E-state index contributed by atoms with van der Waals surface area (Å²) in [5.74, 6) is -1.67. The third-order valence-corrected chi connectivity index (χ3v) is 1.61. The zero-order chi connectivity index (χ0) is 15.0. The Bertz CT molecular complexity index is 183. The fourth-order valence-corrected chi connectivity index (χ4v) is 1.10. The van der Waals surface area contributed by atoms with Gasteiger partial charge in [0.2, 0.25) is 0 Å². The average molecular weight is 499 g/mol. The molecule has 0 aliphatic heterocycles. The van der Waals surface area contributed by atoms with Gasteiger partial charge in [0.1, 0.15) is 0 Å². The van der Waals surface area contributed by atoms with E-state index in [1.54, 1.807) is 0 Å². The number of carboxylic acids is 2. The Kier molecular flexibility index (Phi) is 33.7. The average Bonchev–Trinajstić information content (AvgIpc) is 2.18. The standard InChI is InChI=1S/C6H12N.2C2H4O2.CH3.2ClH.Pt/c7-6-4-2-1-3-5-6;2*1-2(3)4;;;;/h6-7H,1-5H2;2*1H3,(H,3,4);1H3;2*1H;/q-1;;;-1;;;+4/p-2. The Morgan fingerprint density at radius 3 is 1.37 bits per heavy atom. The van der Waals surface area contributed by atoms with Crippen molar-refractivity contribution in [2.24, 2.45) is 0 Å². The first kappa shape index (κ1) is 27.5. The van der Waals surface area contributed by atoms with Crippen molar-refractivity contribution < 1.29 is 36.3 Å². The molecule has 1 aliphatic rings. The second-order valence-corrected chi connectivity index (χ2v) is 6.70. The monoisotopic (exact) mass is 498 g/mol. The molecule has 0 aromatic carbocycles. The van der Waals surface area contributed by atoms with Crippen LogP contribution in [0.2, 0.25) is 0 Å². The maximum atomic E-state index is 9.00. The summed E-state index contributed by atoms with van der Waals surface area (Å²) in [6, 6.07) is 0.286. The van der Waals surface area contributed by atoms with Gasteiger partial charge in [-0.2, -0.15) is 0 Å². The molecule has 0 aromatic rings. The van der Waals surface area contributed by atoms with Gasteiger partial charge in [-0.05, 0) is 0 Å². The van der Waals surface area contributed by atoms with E-state index in [9.17, 15) is 0 Å². The molecule has 1 saturated carbocycles. The van der Waals surface area contributed by atoms with Crippen molar-refractivity contribution >= 4 is 30.8 Å². The van der Waals surface area contributed by atoms with Crippen LogP contribution in [0.25, 0.3) is 5.73 Å². The summed E-state index contributed by atoms with van der Waals surface area (Å²) in [5, 5.41) is 14.8. The number of nitrogens with one attached hydrogen (secondary N) is 1. The SMILES string of the molecule is CC(=O)O.CC(=O)O.[CH3-].[Cl][Pt+2][Cl].[NH-]C1CCCCC1. The van der Waals surface area contributed by atoms with Crippen LogP contribution in [0.15, 0.2) is 0 Å². The molecule has 0 spiro atoms. The molecule has 0 unspecified atom stereocenters. The van der Waals surface area contributed by atoms with Crippen molar-refractivity contribution in [2.75, 3.05) is 0 Å². The number of carboxylic acid groups (broad SMARTS) is 2. The van der Waals surface area contributed by atoms with Gasteiger partial charge in [-0.15, -0.1) is 6.04 Å². The van der Waals surface area contributed by atoms with Crippen molar-refractivity contribution in [3.8, 4) is 0 Å². The van der Waals surface area contributed by atoms with Crippen LogP contribution in [-0.2, 0) is 26.1 Å². The quantitative estimate of drug-likeness (QED) is 0.484. The van der Waals surface area contributed by atoms with Crippen molar-refractivity contribution in [1.29, 1.82) is 0 Å². The van der Waals surface area contributed by atoms with E-state index in [-0.39, 0.29) is 13.5 Å². The minimum absolute atomic E-state index is 0. The van der Waals surface area contributed by atoms with Crippen LogP contribution >= 0.6 is 18.8 Å². The molecule has 1 rings (SSSR count). The zero-order valence-electron chi connectivity index (χ0n) is 11.4. The Morgan fingerprint density at radius 2 is 1.26 bits per heavy atom. The van der Waals surface area contributed by atoms with Crippen LogP contribution in [0.4, 0.5) is 0 Å². The van der Waals surface area contributed by atoms with Gasteiger partial charge < -0.3 is 23.4 Å². The second-order valence-electron chi connectivity index (χ2n) is 3.42. The summed E-state index contributed by atoms with van der Waals surface area (Å²) < 4.78 is 0. The first-order valence-electron chi connectivity index (χ1n) is 5.20. The summed E-state index contributed by atoms with van der Waals surface area (Å²) in [7, 11) is 9.75. The fourth-order valence-electron chi connectivity index (χ4n) is 1.10. The summed E-state index contributed by atoms with van der Waals surface area (Å²) in [6.45, 7) is 2.17. The minimum Gasteiger partial charge on any atom is -0.675 e. The Labute approximate surface area is 132 Å². The van der Waals surface area contributed by atoms with Gasteiger partial charge >= 0.3 is 35.3 Å². The molecule has 0 radical (unpaired) electrons. The van der Waals surface area contributed by atoms with Crippen molar-refractivity contribution in [1.82, 2.24) is 0 Å². The van der Waals surface area contributed by atoms with E-state index >= 15 is 0 Å². The van der Waals surface area contributed by atoms with E-state index in [4.69, 9.17) is 44.4 Å². The smallest absolute Gasteiger partial charge is 0.0534 e. The van der Waals surface area contributed by atoms with Crippen LogP contribution in [-0.4, -0.2) is 28.2 Å². The van der Waals surface area contributed by atoms with Crippen molar-refractivity contribution in [3.05, 3.63) is 13.2 Å². The molecule has 0 bridgehead atoms. The minimum atomic E-state index is -0.833. The van der Waals surface area contributed by atoms with Crippen LogP contribution < -0.4 is 0 Å². The van der Waals surface area contributed by atoms with E-state index in [1.165, 1.54) is 19.3 Å². The third-order valence-electron chi connectivity index (χ3n) is 1.61. The number of carbonyl (C=O) groups is 2. The molecule has 1 fully saturated rings.